The van der Waals surface area contributed by atoms with Crippen LogP contribution in [-0.2, 0) is 6.54 Å². The fourth-order valence-corrected chi connectivity index (χ4v) is 1.96. The van der Waals surface area contributed by atoms with Gasteiger partial charge in [0.2, 0.25) is 10.1 Å². The van der Waals surface area contributed by atoms with Crippen LogP contribution in [0, 0.1) is 6.92 Å². The van der Waals surface area contributed by atoms with E-state index in [9.17, 15) is 4.79 Å². The van der Waals surface area contributed by atoms with Crippen LogP contribution in [0.4, 0.5) is 5.13 Å². The quantitative estimate of drug-likeness (QED) is 0.866. The van der Waals surface area contributed by atoms with Crippen LogP contribution in [0.5, 0.6) is 0 Å². The molecule has 6 nitrogen and oxygen atoms in total. The summed E-state index contributed by atoms with van der Waals surface area (Å²) in [6, 6.07) is 1.91. The monoisotopic (exact) mass is 263 g/mol. The van der Waals surface area contributed by atoms with Gasteiger partial charge in [-0.15, -0.1) is 10.2 Å². The highest BCUT2D eigenvalue weighted by molar-refractivity contribution is 7.17. The number of carbonyl (C=O) groups is 1. The molecular formula is C11H13N5OS. The van der Waals surface area contributed by atoms with E-state index in [1.165, 1.54) is 11.3 Å². The molecule has 0 radical (unpaired) electrons. The molecule has 0 aliphatic heterocycles. The van der Waals surface area contributed by atoms with Gasteiger partial charge >= 0.3 is 0 Å². The average molecular weight is 263 g/mol. The van der Waals surface area contributed by atoms with Crippen molar-refractivity contribution in [2.45, 2.75) is 13.5 Å². The maximum atomic E-state index is 11.8. The molecule has 0 spiro atoms. The van der Waals surface area contributed by atoms with Crippen LogP contribution in [0.15, 0.2) is 18.5 Å². The normalized spacial score (nSPS) is 10.1. The summed E-state index contributed by atoms with van der Waals surface area (Å²) in [5.74, 6) is -0.225. The van der Waals surface area contributed by atoms with Crippen molar-refractivity contribution in [1.29, 1.82) is 0 Å². The zero-order valence-electron chi connectivity index (χ0n) is 10.1. The second kappa shape index (κ2) is 5.54. The van der Waals surface area contributed by atoms with Crippen molar-refractivity contribution in [3.8, 4) is 0 Å². The lowest BCUT2D eigenvalue weighted by molar-refractivity contribution is 0.0949. The van der Waals surface area contributed by atoms with Crippen LogP contribution in [-0.4, -0.2) is 28.1 Å². The van der Waals surface area contributed by atoms with Crippen molar-refractivity contribution in [3.05, 3.63) is 34.6 Å². The molecule has 7 heteroatoms. The topological polar surface area (TPSA) is 79.8 Å². The number of nitrogens with one attached hydrogen (secondary N) is 2. The first-order valence-corrected chi connectivity index (χ1v) is 6.21. The van der Waals surface area contributed by atoms with Crippen molar-refractivity contribution in [1.82, 2.24) is 20.5 Å². The van der Waals surface area contributed by atoms with Crippen LogP contribution < -0.4 is 10.6 Å². The zero-order chi connectivity index (χ0) is 13.0. The number of pyridine rings is 1. The smallest absolute Gasteiger partial charge is 0.282 e. The minimum atomic E-state index is -0.225. The molecule has 0 saturated heterocycles. The van der Waals surface area contributed by atoms with Gasteiger partial charge in [0.15, 0.2) is 0 Å². The number of aromatic nitrogens is 3. The molecule has 0 aromatic carbocycles. The Labute approximate surface area is 108 Å². The molecule has 0 atom stereocenters. The average Bonchev–Trinajstić information content (AvgIpc) is 2.86. The molecular weight excluding hydrogens is 250 g/mol. The Morgan fingerprint density at radius 1 is 1.44 bits per heavy atom. The van der Waals surface area contributed by atoms with Crippen molar-refractivity contribution < 1.29 is 4.79 Å². The highest BCUT2D eigenvalue weighted by Gasteiger charge is 2.12. The van der Waals surface area contributed by atoms with Gasteiger partial charge in [-0.05, 0) is 24.1 Å². The number of nitrogens with zero attached hydrogens (tertiary/aromatic N) is 3. The Morgan fingerprint density at radius 3 is 2.94 bits per heavy atom. The SMILES string of the molecule is CNc1nnc(C(=O)NCc2cnccc2C)s1. The zero-order valence-corrected chi connectivity index (χ0v) is 10.9. The van der Waals surface area contributed by atoms with Crippen molar-refractivity contribution >= 4 is 22.4 Å². The lowest BCUT2D eigenvalue weighted by Crippen LogP contribution is -2.23. The number of carbonyl (C=O) groups excluding carboxylic acids is 1. The number of anilines is 1. The molecule has 2 rings (SSSR count). The van der Waals surface area contributed by atoms with Crippen LogP contribution in [0.1, 0.15) is 20.9 Å². The van der Waals surface area contributed by atoms with E-state index >= 15 is 0 Å². The van der Waals surface area contributed by atoms with Gasteiger partial charge in [-0.2, -0.15) is 0 Å². The Bertz CT molecular complexity index is 554. The van der Waals surface area contributed by atoms with E-state index in [0.29, 0.717) is 16.7 Å². The van der Waals surface area contributed by atoms with Crippen LogP contribution in [0.25, 0.3) is 0 Å². The minimum Gasteiger partial charge on any atom is -0.363 e. The standard InChI is InChI=1S/C11H13N5OS/c1-7-3-4-13-5-8(7)6-14-9(17)10-15-16-11(12-2)18-10/h3-5H,6H2,1-2H3,(H,12,16)(H,14,17). The fraction of sp³-hybridized carbons (Fsp3) is 0.273. The van der Waals surface area contributed by atoms with Gasteiger partial charge in [0, 0.05) is 26.0 Å². The minimum absolute atomic E-state index is 0.225. The molecule has 0 bridgehead atoms. The molecule has 2 heterocycles. The van der Waals surface area contributed by atoms with Crippen molar-refractivity contribution in [2.24, 2.45) is 0 Å². The summed E-state index contributed by atoms with van der Waals surface area (Å²) in [5.41, 5.74) is 2.09. The first-order valence-electron chi connectivity index (χ1n) is 5.39. The first-order chi connectivity index (χ1) is 8.70. The summed E-state index contributed by atoms with van der Waals surface area (Å²) < 4.78 is 0. The largest absolute Gasteiger partial charge is 0.363 e. The number of aryl methyl sites for hydroxylation is 1. The van der Waals surface area contributed by atoms with Crippen LogP contribution in [0.2, 0.25) is 0 Å². The maximum Gasteiger partial charge on any atom is 0.282 e. The van der Waals surface area contributed by atoms with Crippen molar-refractivity contribution in [3.63, 3.8) is 0 Å². The van der Waals surface area contributed by atoms with E-state index in [1.54, 1.807) is 19.4 Å². The van der Waals surface area contributed by atoms with E-state index in [2.05, 4.69) is 25.8 Å². The van der Waals surface area contributed by atoms with E-state index in [-0.39, 0.29) is 5.91 Å². The predicted molar refractivity (Wildman–Crippen MR) is 69.6 cm³/mol. The molecule has 2 N–H and O–H groups in total. The highest BCUT2D eigenvalue weighted by atomic mass is 32.1. The van der Waals surface area contributed by atoms with E-state index in [1.807, 2.05) is 13.0 Å². The molecule has 0 saturated carbocycles. The number of rotatable bonds is 4. The van der Waals surface area contributed by atoms with Gasteiger partial charge in [0.25, 0.3) is 5.91 Å². The predicted octanol–water partition coefficient (Wildman–Crippen LogP) is 1.21. The molecule has 0 unspecified atom stereocenters. The third kappa shape index (κ3) is 2.80. The van der Waals surface area contributed by atoms with Gasteiger partial charge < -0.3 is 10.6 Å². The molecule has 0 aliphatic rings. The lowest BCUT2D eigenvalue weighted by Gasteiger charge is -2.05. The molecule has 2 aromatic heterocycles. The molecule has 18 heavy (non-hydrogen) atoms. The van der Waals surface area contributed by atoms with Gasteiger partial charge in [-0.3, -0.25) is 9.78 Å². The Hall–Kier alpha value is -2.02. The number of hydrogen-bond donors (Lipinski definition) is 2. The summed E-state index contributed by atoms with van der Waals surface area (Å²) in [6.07, 6.45) is 3.47. The second-order valence-corrected chi connectivity index (χ2v) is 4.62. The summed E-state index contributed by atoms with van der Waals surface area (Å²) in [6.45, 7) is 2.42. The van der Waals surface area contributed by atoms with Gasteiger partial charge in [0.1, 0.15) is 0 Å². The highest BCUT2D eigenvalue weighted by Crippen LogP contribution is 2.14. The van der Waals surface area contributed by atoms with E-state index < -0.39 is 0 Å². The number of hydrogen-bond acceptors (Lipinski definition) is 6. The first kappa shape index (κ1) is 12.4. The Kier molecular flexibility index (Phi) is 3.83. The molecule has 1 amide bonds. The van der Waals surface area contributed by atoms with E-state index in [4.69, 9.17) is 0 Å². The third-order valence-electron chi connectivity index (χ3n) is 2.42. The molecule has 0 aliphatic carbocycles. The maximum absolute atomic E-state index is 11.8. The second-order valence-electron chi connectivity index (χ2n) is 3.65. The van der Waals surface area contributed by atoms with Crippen molar-refractivity contribution in [2.75, 3.05) is 12.4 Å². The molecule has 0 fully saturated rings. The molecule has 94 valence electrons. The van der Waals surface area contributed by atoms with Crippen LogP contribution in [0.3, 0.4) is 0 Å². The van der Waals surface area contributed by atoms with Crippen LogP contribution >= 0.6 is 11.3 Å². The summed E-state index contributed by atoms with van der Waals surface area (Å²) in [4.78, 5) is 15.8. The summed E-state index contributed by atoms with van der Waals surface area (Å²) in [5, 5.41) is 14.2. The Balaban J connectivity index is 1.98. The van der Waals surface area contributed by atoms with Gasteiger partial charge in [-0.1, -0.05) is 11.3 Å². The number of amides is 1. The summed E-state index contributed by atoms with van der Waals surface area (Å²) >= 11 is 1.22. The van der Waals surface area contributed by atoms with E-state index in [0.717, 1.165) is 11.1 Å². The summed E-state index contributed by atoms with van der Waals surface area (Å²) in [7, 11) is 1.74. The van der Waals surface area contributed by atoms with Gasteiger partial charge in [-0.25, -0.2) is 0 Å². The lowest BCUT2D eigenvalue weighted by atomic mass is 10.1. The third-order valence-corrected chi connectivity index (χ3v) is 3.36. The van der Waals surface area contributed by atoms with Gasteiger partial charge in [0.05, 0.1) is 0 Å². The molecule has 2 aromatic rings. The fourth-order valence-electron chi connectivity index (χ4n) is 1.35. The Morgan fingerprint density at radius 2 is 2.28 bits per heavy atom.